The molecule has 1 saturated heterocycles. The van der Waals surface area contributed by atoms with Gasteiger partial charge in [0.25, 0.3) is 0 Å². The molecule has 4 fully saturated rings. The van der Waals surface area contributed by atoms with Gasteiger partial charge in [-0.25, -0.2) is 0 Å². The molecule has 0 aromatic carbocycles. The Morgan fingerprint density at radius 2 is 1.84 bits per heavy atom. The average Bonchev–Trinajstić information content (AvgIpc) is 3.37. The summed E-state index contributed by atoms with van der Waals surface area (Å²) < 4.78 is 0. The van der Waals surface area contributed by atoms with Crippen molar-refractivity contribution in [1.82, 2.24) is 0 Å². The number of hydrogen-bond donors (Lipinski definition) is 1. The van der Waals surface area contributed by atoms with Gasteiger partial charge < -0.3 is 5.11 Å². The maximum atomic E-state index is 13.5. The topological polar surface area (TPSA) is 62.4 Å². The van der Waals surface area contributed by atoms with Crippen LogP contribution in [0.5, 0.6) is 0 Å². The van der Waals surface area contributed by atoms with Gasteiger partial charge in [0.05, 0.1) is 11.5 Å². The smallest absolute Gasteiger partial charge is 0.245 e. The fourth-order valence-corrected chi connectivity index (χ4v) is 8.80. The van der Waals surface area contributed by atoms with Crippen molar-refractivity contribution in [3.63, 3.8) is 0 Å². The van der Waals surface area contributed by atoms with Crippen LogP contribution in [0.15, 0.2) is 11.6 Å². The van der Waals surface area contributed by atoms with Crippen molar-refractivity contribution in [1.29, 1.82) is 0 Å². The van der Waals surface area contributed by atoms with Gasteiger partial charge in [-0.05, 0) is 73.2 Å². The number of carbonyl (C=O) groups excluding carboxylic acids is 1. The monoisotopic (exact) mass is 430 g/mol. The van der Waals surface area contributed by atoms with Gasteiger partial charge >= 0.3 is 0 Å². The standard InChI is InChI=1S/C27H42O4/c1-16(2)7-6-8-17(3)20-9-10-21-24-22(11-12-25(20,21)4)26(5)18(14-23(24)29)13-19(28)15-27(26)30-31-27/h14,16-17,19-22,24,28H,6-13,15H2,1-5H3/t17-,19+,20-,21+,22+,24+,25-,26+/m1/s1. The number of hydrogen-bond acceptors (Lipinski definition) is 4. The van der Waals surface area contributed by atoms with Crippen LogP contribution in [0.4, 0.5) is 0 Å². The van der Waals surface area contributed by atoms with E-state index < -0.39 is 11.9 Å². The van der Waals surface area contributed by atoms with E-state index in [0.717, 1.165) is 29.7 Å². The van der Waals surface area contributed by atoms with E-state index in [-0.39, 0.29) is 22.7 Å². The molecule has 4 nitrogen and oxygen atoms in total. The highest BCUT2D eigenvalue weighted by molar-refractivity contribution is 5.94. The Bertz CT molecular complexity index is 767. The molecule has 3 saturated carbocycles. The molecule has 1 heterocycles. The highest BCUT2D eigenvalue weighted by Gasteiger charge is 2.74. The first kappa shape index (κ1) is 22.1. The maximum Gasteiger partial charge on any atom is 0.245 e. The van der Waals surface area contributed by atoms with Gasteiger partial charge in [0.15, 0.2) is 5.78 Å². The van der Waals surface area contributed by atoms with E-state index in [1.165, 1.54) is 38.5 Å². The number of aliphatic hydroxyl groups is 1. The summed E-state index contributed by atoms with van der Waals surface area (Å²) in [4.78, 5) is 24.8. The molecule has 0 unspecified atom stereocenters. The second-order valence-electron chi connectivity index (χ2n) is 12.5. The van der Waals surface area contributed by atoms with Crippen molar-refractivity contribution in [2.24, 2.45) is 46.3 Å². The third kappa shape index (κ3) is 3.14. The Morgan fingerprint density at radius 1 is 1.10 bits per heavy atom. The number of rotatable bonds is 5. The SMILES string of the molecule is CC(C)CCC[C@@H](C)[C@H]1CC[C@H]2[C@@H]3C(=O)C=C4C[C@H](O)CC5(OO5)[C@]4(C)[C@H]3CC[C@]12C. The molecule has 31 heavy (non-hydrogen) atoms. The number of ketones is 1. The molecule has 1 N–H and O–H groups in total. The van der Waals surface area contributed by atoms with Gasteiger partial charge in [0, 0.05) is 12.3 Å². The van der Waals surface area contributed by atoms with Crippen molar-refractivity contribution in [3.05, 3.63) is 11.6 Å². The fraction of sp³-hybridized carbons (Fsp3) is 0.889. The summed E-state index contributed by atoms with van der Waals surface area (Å²) in [6.45, 7) is 11.9. The van der Waals surface area contributed by atoms with Crippen molar-refractivity contribution >= 4 is 5.78 Å². The van der Waals surface area contributed by atoms with Crippen LogP contribution in [-0.2, 0) is 14.6 Å². The first-order valence-electron chi connectivity index (χ1n) is 12.9. The van der Waals surface area contributed by atoms with Crippen molar-refractivity contribution in [2.75, 3.05) is 0 Å². The summed E-state index contributed by atoms with van der Waals surface area (Å²) in [6, 6.07) is 0. The number of carbonyl (C=O) groups is 1. The van der Waals surface area contributed by atoms with E-state index in [4.69, 9.17) is 9.78 Å². The van der Waals surface area contributed by atoms with Gasteiger partial charge in [-0.3, -0.25) is 4.79 Å². The van der Waals surface area contributed by atoms with Crippen LogP contribution in [0.1, 0.15) is 92.4 Å². The lowest BCUT2D eigenvalue weighted by atomic mass is 9.45. The lowest BCUT2D eigenvalue weighted by Crippen LogP contribution is -2.59. The molecule has 5 aliphatic rings. The van der Waals surface area contributed by atoms with E-state index in [1.54, 1.807) is 0 Å². The summed E-state index contributed by atoms with van der Waals surface area (Å²) in [5.41, 5.74) is 1.05. The molecule has 174 valence electrons. The number of fused-ring (bicyclic) bond motifs is 6. The van der Waals surface area contributed by atoms with E-state index in [1.807, 2.05) is 6.08 Å². The molecule has 4 heteroatoms. The summed E-state index contributed by atoms with van der Waals surface area (Å²) in [7, 11) is 0. The molecular formula is C27H42O4. The first-order chi connectivity index (χ1) is 14.6. The predicted octanol–water partition coefficient (Wildman–Crippen LogP) is 5.84. The van der Waals surface area contributed by atoms with Crippen molar-refractivity contribution < 1.29 is 19.7 Å². The largest absolute Gasteiger partial charge is 0.393 e. The van der Waals surface area contributed by atoms with Gasteiger partial charge in [0.1, 0.15) is 0 Å². The molecule has 1 spiro atoms. The van der Waals surface area contributed by atoms with Crippen LogP contribution in [0.2, 0.25) is 0 Å². The Kier molecular flexibility index (Phi) is 5.27. The molecule has 5 rings (SSSR count). The summed E-state index contributed by atoms with van der Waals surface area (Å²) in [6.07, 6.45) is 11.2. The Labute approximate surface area is 188 Å². The summed E-state index contributed by atoms with van der Waals surface area (Å²) in [5, 5.41) is 10.4. The molecule has 0 radical (unpaired) electrons. The van der Waals surface area contributed by atoms with Crippen LogP contribution in [-0.4, -0.2) is 22.8 Å². The summed E-state index contributed by atoms with van der Waals surface area (Å²) >= 11 is 0. The van der Waals surface area contributed by atoms with Crippen LogP contribution < -0.4 is 0 Å². The third-order valence-corrected chi connectivity index (χ3v) is 10.6. The van der Waals surface area contributed by atoms with Gasteiger partial charge in [-0.2, -0.15) is 9.78 Å². The van der Waals surface area contributed by atoms with Crippen molar-refractivity contribution in [2.45, 2.75) is 104 Å². The lowest BCUT2D eigenvalue weighted by molar-refractivity contribution is -0.140. The highest BCUT2D eigenvalue weighted by Crippen LogP contribution is 2.71. The average molecular weight is 431 g/mol. The zero-order valence-electron chi connectivity index (χ0n) is 20.2. The molecule has 0 aromatic heterocycles. The lowest BCUT2D eigenvalue weighted by Gasteiger charge is -2.57. The summed E-state index contributed by atoms with van der Waals surface area (Å²) in [5.74, 6) is 2.66. The van der Waals surface area contributed by atoms with Gasteiger partial charge in [-0.1, -0.05) is 59.5 Å². The molecular weight excluding hydrogens is 388 g/mol. The molecule has 4 aliphatic carbocycles. The second kappa shape index (κ2) is 7.40. The normalized spacial score (nSPS) is 46.4. The van der Waals surface area contributed by atoms with E-state index in [9.17, 15) is 9.90 Å². The minimum Gasteiger partial charge on any atom is -0.393 e. The van der Waals surface area contributed by atoms with E-state index in [2.05, 4.69) is 34.6 Å². The van der Waals surface area contributed by atoms with Crippen LogP contribution in [0.3, 0.4) is 0 Å². The zero-order chi connectivity index (χ0) is 22.2. The zero-order valence-corrected chi connectivity index (χ0v) is 20.2. The Morgan fingerprint density at radius 3 is 2.52 bits per heavy atom. The maximum absolute atomic E-state index is 13.5. The highest BCUT2D eigenvalue weighted by atomic mass is 17.4. The molecule has 1 aliphatic heterocycles. The van der Waals surface area contributed by atoms with Crippen LogP contribution in [0.25, 0.3) is 0 Å². The van der Waals surface area contributed by atoms with Crippen LogP contribution >= 0.6 is 0 Å². The third-order valence-electron chi connectivity index (χ3n) is 10.6. The van der Waals surface area contributed by atoms with Gasteiger partial charge in [0.2, 0.25) is 5.79 Å². The quantitative estimate of drug-likeness (QED) is 0.440. The number of allylic oxidation sites excluding steroid dienone is 1. The first-order valence-corrected chi connectivity index (χ1v) is 12.9. The molecule has 0 amide bonds. The minimum absolute atomic E-state index is 0.0836. The van der Waals surface area contributed by atoms with Crippen molar-refractivity contribution in [3.8, 4) is 0 Å². The Balaban J connectivity index is 1.41. The fourth-order valence-electron chi connectivity index (χ4n) is 8.80. The molecule has 8 atom stereocenters. The van der Waals surface area contributed by atoms with Crippen LogP contribution in [0, 0.1) is 46.3 Å². The number of aliphatic hydroxyl groups excluding tert-OH is 1. The molecule has 0 bridgehead atoms. The van der Waals surface area contributed by atoms with Gasteiger partial charge in [-0.15, -0.1) is 0 Å². The second-order valence-corrected chi connectivity index (χ2v) is 12.5. The minimum atomic E-state index is -0.712. The Hall–Kier alpha value is -0.710. The predicted molar refractivity (Wildman–Crippen MR) is 120 cm³/mol. The molecule has 0 aromatic rings. The van der Waals surface area contributed by atoms with E-state index >= 15 is 0 Å². The van der Waals surface area contributed by atoms with E-state index in [0.29, 0.717) is 24.5 Å².